The van der Waals surface area contributed by atoms with Crippen LogP contribution in [0.2, 0.25) is 0 Å². The second-order valence-corrected chi connectivity index (χ2v) is 2.78. The molecular weight excluding hydrogens is 128 g/mol. The molecule has 0 spiro atoms. The van der Waals surface area contributed by atoms with Gasteiger partial charge in [0.15, 0.2) is 0 Å². The van der Waals surface area contributed by atoms with Crippen LogP contribution in [0.25, 0.3) is 0 Å². The maximum atomic E-state index is 5.42. The molecule has 0 amide bonds. The van der Waals surface area contributed by atoms with E-state index in [1.54, 1.807) is 7.11 Å². The van der Waals surface area contributed by atoms with Gasteiger partial charge in [-0.1, -0.05) is 0 Å². The van der Waals surface area contributed by atoms with E-state index in [9.17, 15) is 0 Å². The predicted molar refractivity (Wildman–Crippen MR) is 40.9 cm³/mol. The molecule has 0 radical (unpaired) electrons. The van der Waals surface area contributed by atoms with Gasteiger partial charge in [0.05, 0.1) is 6.10 Å². The highest BCUT2D eigenvalue weighted by Gasteiger charge is 2.21. The fourth-order valence-electron chi connectivity index (χ4n) is 0.848. The van der Waals surface area contributed by atoms with Gasteiger partial charge in [0, 0.05) is 26.2 Å². The van der Waals surface area contributed by atoms with Crippen molar-refractivity contribution < 1.29 is 4.74 Å². The topological polar surface area (TPSA) is 47.3 Å². The highest BCUT2D eigenvalue weighted by molar-refractivity contribution is 4.82. The van der Waals surface area contributed by atoms with Crippen LogP contribution in [0, 0.1) is 0 Å². The molecule has 3 heteroatoms. The molecule has 1 aliphatic rings. The molecule has 60 valence electrons. The second kappa shape index (κ2) is 3.91. The van der Waals surface area contributed by atoms with Crippen LogP contribution in [0.5, 0.6) is 0 Å². The van der Waals surface area contributed by atoms with Crippen LogP contribution in [-0.4, -0.2) is 32.3 Å². The lowest BCUT2D eigenvalue weighted by molar-refractivity contribution is 0.108. The summed E-state index contributed by atoms with van der Waals surface area (Å²) in [5.41, 5.74) is 5.42. The standard InChI is InChI=1S/C7H16N2O/c1-10-7(4-8)5-9-6-2-3-6/h6-7,9H,2-5,8H2,1H3. The van der Waals surface area contributed by atoms with Crippen LogP contribution in [0.4, 0.5) is 0 Å². The molecule has 1 unspecified atom stereocenters. The first-order valence-corrected chi connectivity index (χ1v) is 3.83. The zero-order valence-electron chi connectivity index (χ0n) is 6.47. The molecule has 0 aliphatic heterocycles. The monoisotopic (exact) mass is 144 g/mol. The third-order valence-corrected chi connectivity index (χ3v) is 1.81. The molecule has 1 fully saturated rings. The number of rotatable bonds is 5. The lowest BCUT2D eigenvalue weighted by Crippen LogP contribution is -2.35. The lowest BCUT2D eigenvalue weighted by Gasteiger charge is -2.12. The zero-order valence-corrected chi connectivity index (χ0v) is 6.47. The third-order valence-electron chi connectivity index (χ3n) is 1.81. The molecule has 0 bridgehead atoms. The average Bonchev–Trinajstić information content (AvgIpc) is 2.74. The van der Waals surface area contributed by atoms with Crippen molar-refractivity contribution >= 4 is 0 Å². The predicted octanol–water partition coefficient (Wildman–Crippen LogP) is -0.288. The number of methoxy groups -OCH3 is 1. The summed E-state index contributed by atoms with van der Waals surface area (Å²) in [6.45, 7) is 1.51. The van der Waals surface area contributed by atoms with E-state index in [4.69, 9.17) is 10.5 Å². The molecule has 0 aromatic carbocycles. The smallest absolute Gasteiger partial charge is 0.0817 e. The lowest BCUT2D eigenvalue weighted by atomic mass is 10.3. The molecule has 0 saturated heterocycles. The van der Waals surface area contributed by atoms with E-state index in [0.29, 0.717) is 6.54 Å². The summed E-state index contributed by atoms with van der Waals surface area (Å²) in [7, 11) is 1.70. The Morgan fingerprint density at radius 3 is 2.80 bits per heavy atom. The van der Waals surface area contributed by atoms with E-state index in [0.717, 1.165) is 12.6 Å². The Morgan fingerprint density at radius 2 is 2.40 bits per heavy atom. The van der Waals surface area contributed by atoms with Gasteiger partial charge in [-0.2, -0.15) is 0 Å². The average molecular weight is 144 g/mol. The maximum Gasteiger partial charge on any atom is 0.0817 e. The van der Waals surface area contributed by atoms with Crippen LogP contribution in [0.3, 0.4) is 0 Å². The van der Waals surface area contributed by atoms with Crippen LogP contribution in [0.15, 0.2) is 0 Å². The van der Waals surface area contributed by atoms with Crippen molar-refractivity contribution in [3.8, 4) is 0 Å². The molecule has 1 atom stereocenters. The van der Waals surface area contributed by atoms with Crippen molar-refractivity contribution in [3.63, 3.8) is 0 Å². The van der Waals surface area contributed by atoms with Crippen molar-refractivity contribution in [1.29, 1.82) is 0 Å². The number of nitrogens with two attached hydrogens (primary N) is 1. The summed E-state index contributed by atoms with van der Waals surface area (Å²) in [6, 6.07) is 0.754. The number of ether oxygens (including phenoxy) is 1. The minimum absolute atomic E-state index is 0.195. The van der Waals surface area contributed by atoms with Crippen molar-refractivity contribution in [1.82, 2.24) is 5.32 Å². The van der Waals surface area contributed by atoms with Crippen molar-refractivity contribution in [3.05, 3.63) is 0 Å². The van der Waals surface area contributed by atoms with E-state index in [1.165, 1.54) is 12.8 Å². The quantitative estimate of drug-likeness (QED) is 0.557. The van der Waals surface area contributed by atoms with Crippen molar-refractivity contribution in [2.45, 2.75) is 25.0 Å². The van der Waals surface area contributed by atoms with Crippen LogP contribution < -0.4 is 11.1 Å². The summed E-state index contributed by atoms with van der Waals surface area (Å²) >= 11 is 0. The van der Waals surface area contributed by atoms with Gasteiger partial charge in [0.25, 0.3) is 0 Å². The molecule has 1 rings (SSSR count). The summed E-state index contributed by atoms with van der Waals surface area (Å²) in [5.74, 6) is 0. The molecule has 0 aromatic rings. The van der Waals surface area contributed by atoms with Gasteiger partial charge in [-0.3, -0.25) is 0 Å². The van der Waals surface area contributed by atoms with Gasteiger partial charge in [-0.25, -0.2) is 0 Å². The highest BCUT2D eigenvalue weighted by Crippen LogP contribution is 2.18. The number of hydrogen-bond acceptors (Lipinski definition) is 3. The Bertz CT molecular complexity index is 89.6. The molecule has 0 aromatic heterocycles. The Labute approximate surface area is 61.9 Å². The SMILES string of the molecule is COC(CN)CNC1CC1. The van der Waals surface area contributed by atoms with E-state index in [2.05, 4.69) is 5.32 Å². The summed E-state index contributed by atoms with van der Waals surface area (Å²) in [4.78, 5) is 0. The molecule has 0 heterocycles. The Balaban J connectivity index is 1.97. The number of hydrogen-bond donors (Lipinski definition) is 2. The fourth-order valence-corrected chi connectivity index (χ4v) is 0.848. The van der Waals surface area contributed by atoms with Gasteiger partial charge < -0.3 is 15.8 Å². The zero-order chi connectivity index (χ0) is 7.40. The second-order valence-electron chi connectivity index (χ2n) is 2.78. The molecule has 3 nitrogen and oxygen atoms in total. The van der Waals surface area contributed by atoms with Crippen LogP contribution >= 0.6 is 0 Å². The molecule has 10 heavy (non-hydrogen) atoms. The van der Waals surface area contributed by atoms with Gasteiger partial charge in [-0.15, -0.1) is 0 Å². The largest absolute Gasteiger partial charge is 0.379 e. The Kier molecular flexibility index (Phi) is 3.12. The van der Waals surface area contributed by atoms with Gasteiger partial charge in [-0.05, 0) is 12.8 Å². The summed E-state index contributed by atoms with van der Waals surface area (Å²) < 4.78 is 5.09. The first-order chi connectivity index (χ1) is 4.86. The molecule has 1 saturated carbocycles. The van der Waals surface area contributed by atoms with E-state index in [-0.39, 0.29) is 6.10 Å². The van der Waals surface area contributed by atoms with E-state index < -0.39 is 0 Å². The highest BCUT2D eigenvalue weighted by atomic mass is 16.5. The third kappa shape index (κ3) is 2.64. The van der Waals surface area contributed by atoms with Crippen molar-refractivity contribution in [2.75, 3.05) is 20.2 Å². The first kappa shape index (κ1) is 7.98. The molecular formula is C7H16N2O. The van der Waals surface area contributed by atoms with Gasteiger partial charge >= 0.3 is 0 Å². The van der Waals surface area contributed by atoms with Crippen LogP contribution in [-0.2, 0) is 4.74 Å². The minimum atomic E-state index is 0.195. The first-order valence-electron chi connectivity index (χ1n) is 3.83. The Morgan fingerprint density at radius 1 is 1.70 bits per heavy atom. The molecule has 3 N–H and O–H groups in total. The van der Waals surface area contributed by atoms with Crippen LogP contribution in [0.1, 0.15) is 12.8 Å². The maximum absolute atomic E-state index is 5.42. The van der Waals surface area contributed by atoms with Gasteiger partial charge in [0.1, 0.15) is 0 Å². The Hall–Kier alpha value is -0.120. The summed E-state index contributed by atoms with van der Waals surface area (Å²) in [5, 5.41) is 3.35. The van der Waals surface area contributed by atoms with E-state index >= 15 is 0 Å². The van der Waals surface area contributed by atoms with E-state index in [1.807, 2.05) is 0 Å². The number of nitrogens with one attached hydrogen (secondary N) is 1. The molecule has 1 aliphatic carbocycles. The van der Waals surface area contributed by atoms with Crippen molar-refractivity contribution in [2.24, 2.45) is 5.73 Å². The van der Waals surface area contributed by atoms with Gasteiger partial charge in [0.2, 0.25) is 0 Å². The fraction of sp³-hybridized carbons (Fsp3) is 1.00. The normalized spacial score (nSPS) is 21.0. The summed E-state index contributed by atoms with van der Waals surface area (Å²) in [6.07, 6.45) is 2.84. The minimum Gasteiger partial charge on any atom is -0.379 e.